The lowest BCUT2D eigenvalue weighted by atomic mass is 9.85. The molecule has 0 fully saturated rings. The van der Waals surface area contributed by atoms with Crippen LogP contribution in [0.5, 0.6) is 0 Å². The average molecular weight is 1290 g/mol. The van der Waals surface area contributed by atoms with E-state index < -0.39 is 0 Å². The van der Waals surface area contributed by atoms with E-state index in [9.17, 15) is 5.26 Å². The lowest BCUT2D eigenvalue weighted by molar-refractivity contribution is 1.18. The molecular weight excluding hydrogens is 1230 g/mol. The summed E-state index contributed by atoms with van der Waals surface area (Å²) >= 11 is 0. The first-order valence-electron chi connectivity index (χ1n) is 34.8. The molecule has 0 unspecified atom stereocenters. The molecule has 0 N–H and O–H groups in total. The Kier molecular flexibility index (Phi) is 12.5. The molecule has 0 radical (unpaired) electrons. The Balaban J connectivity index is 0.000000143. The van der Waals surface area contributed by atoms with Crippen molar-refractivity contribution in [2.24, 2.45) is 0 Å². The lowest BCUT2D eigenvalue weighted by Gasteiger charge is -2.18. The van der Waals surface area contributed by atoms with Crippen LogP contribution >= 0.6 is 0 Å². The highest BCUT2D eigenvalue weighted by molar-refractivity contribution is 6.30. The first-order valence-corrected chi connectivity index (χ1v) is 34.8. The van der Waals surface area contributed by atoms with Crippen LogP contribution in [-0.4, -0.2) is 9.13 Å². The second-order valence-corrected chi connectivity index (χ2v) is 27.1. The van der Waals surface area contributed by atoms with E-state index in [-0.39, 0.29) is 0 Å². The monoisotopic (exact) mass is 1290 g/mol. The fourth-order valence-electron chi connectivity index (χ4n) is 17.4. The Morgan fingerprint density at radius 3 is 1.24 bits per heavy atom. The zero-order valence-corrected chi connectivity index (χ0v) is 55.1. The van der Waals surface area contributed by atoms with Gasteiger partial charge in [0.25, 0.3) is 0 Å². The highest BCUT2D eigenvalue weighted by Crippen LogP contribution is 2.50. The van der Waals surface area contributed by atoms with Gasteiger partial charge in [0.15, 0.2) is 5.69 Å². The van der Waals surface area contributed by atoms with Crippen LogP contribution in [0.4, 0.5) is 5.69 Å². The summed E-state index contributed by atoms with van der Waals surface area (Å²) in [5.41, 5.74) is 17.8. The van der Waals surface area contributed by atoms with Crippen LogP contribution in [0.1, 0.15) is 5.56 Å². The van der Waals surface area contributed by atoms with E-state index in [1.807, 2.05) is 18.2 Å². The lowest BCUT2D eigenvalue weighted by Crippen LogP contribution is -1.94. The standard InChI is InChI=1S/C59H34N2.C39H22N2/c60-35-36-29-38-25-26-39-31-40(32-57-59(39)58(38)56(30-36)61(57)41-15-2-1-3-16-41)43-27-28-51(46-19-7-6-18-44(43)46)53-34-55-49-22-10-8-20-47(49)52(33-54(55)50-23-11-9-21-48(50)53)45-24-12-14-37-13-4-5-17-42(37)45;1-40-35-19-20-36-39-32(35)18-16-25-21-26(22-37(38(25)39)41(36)27-10-3-2-4-11-27)33-23-34-28-12-6-5-9-24(28)15-17-31(34)29-13-7-8-14-30(29)33/h1-34H;2-23H. The van der Waals surface area contributed by atoms with Crippen molar-refractivity contribution in [3.8, 4) is 62.0 Å². The second-order valence-electron chi connectivity index (χ2n) is 27.1. The highest BCUT2D eigenvalue weighted by Gasteiger charge is 2.25. The van der Waals surface area contributed by atoms with Crippen LogP contribution in [-0.2, 0) is 0 Å². The molecule has 4 nitrogen and oxygen atoms in total. The molecule has 0 spiro atoms. The normalized spacial score (nSPS) is 11.9. The predicted octanol–water partition coefficient (Wildman–Crippen LogP) is 27.1. The van der Waals surface area contributed by atoms with E-state index in [4.69, 9.17) is 6.57 Å². The van der Waals surface area contributed by atoms with Crippen molar-refractivity contribution in [2.45, 2.75) is 0 Å². The number of hydrogen-bond acceptors (Lipinski definition) is 1. The van der Waals surface area contributed by atoms with Gasteiger partial charge in [0, 0.05) is 32.9 Å². The minimum Gasteiger partial charge on any atom is -0.309 e. The molecule has 0 saturated heterocycles. The van der Waals surface area contributed by atoms with Crippen molar-refractivity contribution in [3.63, 3.8) is 0 Å². The zero-order chi connectivity index (χ0) is 67.3. The van der Waals surface area contributed by atoms with E-state index in [2.05, 4.69) is 342 Å². The summed E-state index contributed by atoms with van der Waals surface area (Å²) in [6, 6.07) is 126. The van der Waals surface area contributed by atoms with Gasteiger partial charge in [0.05, 0.1) is 40.3 Å². The third-order valence-electron chi connectivity index (χ3n) is 21.8. The molecule has 2 heterocycles. The van der Waals surface area contributed by atoms with Crippen LogP contribution in [0.3, 0.4) is 0 Å². The van der Waals surface area contributed by atoms with Gasteiger partial charge >= 0.3 is 0 Å². The quantitative estimate of drug-likeness (QED) is 0.121. The summed E-state index contributed by atoms with van der Waals surface area (Å²) in [6.45, 7) is 7.79. The van der Waals surface area contributed by atoms with Crippen LogP contribution in [0, 0.1) is 17.9 Å². The summed E-state index contributed by atoms with van der Waals surface area (Å²) in [6.07, 6.45) is 0. The minimum absolute atomic E-state index is 0.664. The second kappa shape index (κ2) is 22.3. The topological polar surface area (TPSA) is 38.0 Å². The molecule has 468 valence electrons. The van der Waals surface area contributed by atoms with Crippen molar-refractivity contribution in [1.82, 2.24) is 9.13 Å². The fourth-order valence-corrected chi connectivity index (χ4v) is 17.4. The van der Waals surface area contributed by atoms with Crippen LogP contribution in [0.2, 0.25) is 0 Å². The molecular formula is C98H56N4. The molecule has 0 bridgehead atoms. The molecule has 0 aliphatic carbocycles. The highest BCUT2D eigenvalue weighted by atomic mass is 15.0. The first kappa shape index (κ1) is 57.2. The van der Waals surface area contributed by atoms with Gasteiger partial charge in [-0.25, -0.2) is 4.85 Å². The molecule has 102 heavy (non-hydrogen) atoms. The van der Waals surface area contributed by atoms with Crippen molar-refractivity contribution in [2.75, 3.05) is 0 Å². The number of para-hydroxylation sites is 2. The summed E-state index contributed by atoms with van der Waals surface area (Å²) in [4.78, 5) is 3.85. The largest absolute Gasteiger partial charge is 0.309 e. The van der Waals surface area contributed by atoms with Gasteiger partial charge in [-0.05, 0) is 237 Å². The van der Waals surface area contributed by atoms with Gasteiger partial charge in [-0.3, -0.25) is 0 Å². The van der Waals surface area contributed by atoms with Gasteiger partial charge < -0.3 is 9.13 Å². The molecule has 0 aliphatic heterocycles. The van der Waals surface area contributed by atoms with Crippen molar-refractivity contribution in [1.29, 1.82) is 5.26 Å². The molecule has 20 aromatic carbocycles. The van der Waals surface area contributed by atoms with E-state index >= 15 is 0 Å². The van der Waals surface area contributed by atoms with Crippen LogP contribution in [0.15, 0.2) is 340 Å². The molecule has 2 aromatic heterocycles. The minimum atomic E-state index is 0.664. The molecule has 0 aliphatic rings. The number of benzene rings is 20. The number of nitrogens with zero attached hydrogens (tertiary/aromatic N) is 4. The van der Waals surface area contributed by atoms with Gasteiger partial charge in [0.1, 0.15) is 0 Å². The summed E-state index contributed by atoms with van der Waals surface area (Å²) in [5, 5.41) is 39.3. The third kappa shape index (κ3) is 8.48. The number of fused-ring (bicyclic) bond motifs is 12. The van der Waals surface area contributed by atoms with Gasteiger partial charge in [-0.15, -0.1) is 0 Å². The maximum absolute atomic E-state index is 10.0. The number of rotatable bonds is 6. The summed E-state index contributed by atoms with van der Waals surface area (Å²) in [7, 11) is 0. The molecule has 0 amide bonds. The zero-order valence-electron chi connectivity index (χ0n) is 55.1. The molecule has 22 aromatic rings. The SMILES string of the molecule is N#Cc1cc2ccc3cc(-c4ccc(-c5cc6c7ccccc7c(-c7cccc8ccccc78)cc6c6ccccc56)c5ccccc45)cc4c3c2c(c1)n4-c1ccccc1.[C-]#[N+]c1ccc2c3c1ccc1cc(-c4cc5c6ccccc6ccc5c5ccccc45)cc(c13)n2-c1ccccc1. The fraction of sp³-hybridized carbons (Fsp3) is 0. The Morgan fingerprint density at radius 1 is 0.235 bits per heavy atom. The van der Waals surface area contributed by atoms with Crippen molar-refractivity contribution in [3.05, 3.63) is 357 Å². The average Bonchev–Trinajstić information content (AvgIpc) is 1.44. The molecule has 4 heteroatoms. The van der Waals surface area contributed by atoms with E-state index in [1.54, 1.807) is 0 Å². The van der Waals surface area contributed by atoms with Crippen LogP contribution < -0.4 is 0 Å². The van der Waals surface area contributed by atoms with E-state index in [0.717, 1.165) is 55.2 Å². The van der Waals surface area contributed by atoms with Gasteiger partial charge in [-0.2, -0.15) is 5.26 Å². The van der Waals surface area contributed by atoms with Gasteiger partial charge in [-0.1, -0.05) is 255 Å². The van der Waals surface area contributed by atoms with E-state index in [0.29, 0.717) is 11.3 Å². The van der Waals surface area contributed by atoms with Crippen molar-refractivity contribution < 1.29 is 0 Å². The molecule has 0 saturated carbocycles. The maximum Gasteiger partial charge on any atom is 0.195 e. The van der Waals surface area contributed by atoms with Crippen LogP contribution in [0.25, 0.3) is 212 Å². The van der Waals surface area contributed by atoms with Gasteiger partial charge in [0.2, 0.25) is 0 Å². The third-order valence-corrected chi connectivity index (χ3v) is 21.8. The van der Waals surface area contributed by atoms with E-state index in [1.165, 1.54) is 152 Å². The Morgan fingerprint density at radius 2 is 0.627 bits per heavy atom. The number of aromatic nitrogens is 2. The molecule has 0 atom stereocenters. The summed E-state index contributed by atoms with van der Waals surface area (Å²) < 4.78 is 4.70. The smallest absolute Gasteiger partial charge is 0.195 e. The summed E-state index contributed by atoms with van der Waals surface area (Å²) in [5.74, 6) is 0. The molecule has 22 rings (SSSR count). The Bertz CT molecular complexity index is 7380. The number of hydrogen-bond donors (Lipinski definition) is 0. The number of nitriles is 1. The Hall–Kier alpha value is -13.9. The van der Waals surface area contributed by atoms with Crippen molar-refractivity contribution >= 4 is 157 Å². The first-order chi connectivity index (χ1) is 50.5. The Labute approximate surface area is 586 Å². The predicted molar refractivity (Wildman–Crippen MR) is 432 cm³/mol. The maximum atomic E-state index is 10.0.